The van der Waals surface area contributed by atoms with Crippen molar-refractivity contribution in [2.24, 2.45) is 5.41 Å². The predicted molar refractivity (Wildman–Crippen MR) is 135 cm³/mol. The monoisotopic (exact) mass is 435 g/mol. The van der Waals surface area contributed by atoms with Crippen molar-refractivity contribution in [3.05, 3.63) is 24.5 Å². The molecule has 0 unspecified atom stereocenters. The molecule has 2 saturated heterocycles. The van der Waals surface area contributed by atoms with Gasteiger partial charge in [-0.2, -0.15) is 0 Å². The van der Waals surface area contributed by atoms with E-state index in [1.807, 2.05) is 51.1 Å². The summed E-state index contributed by atoms with van der Waals surface area (Å²) in [6, 6.07) is 4.12. The maximum atomic E-state index is 11.8. The van der Waals surface area contributed by atoms with Gasteiger partial charge in [-0.25, -0.2) is 0 Å². The second-order valence-electron chi connectivity index (χ2n) is 8.92. The number of rotatable bonds is 2. The molecular weight excluding hydrogens is 386 g/mol. The van der Waals surface area contributed by atoms with Gasteiger partial charge in [-0.1, -0.05) is 48.5 Å². The highest BCUT2D eigenvalue weighted by molar-refractivity contribution is 5.76. The minimum absolute atomic E-state index is 0.112. The van der Waals surface area contributed by atoms with Crippen LogP contribution in [0, 0.1) is 5.41 Å². The molecule has 0 N–H and O–H groups in total. The summed E-state index contributed by atoms with van der Waals surface area (Å²) >= 11 is 0. The number of nitrogens with zero attached hydrogens (tertiary/aromatic N) is 5. The van der Waals surface area contributed by atoms with Gasteiger partial charge in [-0.05, 0) is 31.6 Å². The van der Waals surface area contributed by atoms with Gasteiger partial charge >= 0.3 is 0 Å². The van der Waals surface area contributed by atoms with E-state index < -0.39 is 0 Å². The molecule has 0 aromatic carbocycles. The van der Waals surface area contributed by atoms with Gasteiger partial charge in [-0.15, -0.1) is 0 Å². The Labute approximate surface area is 192 Å². The largest absolute Gasteiger partial charge is 0.368 e. The normalized spacial score (nSPS) is 17.3. The Morgan fingerprint density at radius 2 is 1.35 bits per heavy atom. The third-order valence-corrected chi connectivity index (χ3v) is 5.05. The van der Waals surface area contributed by atoms with E-state index in [4.69, 9.17) is 0 Å². The number of likely N-dealkylation sites (N-methyl/N-ethyl adjacent to an activating group) is 2. The van der Waals surface area contributed by atoms with Crippen molar-refractivity contribution in [3.63, 3.8) is 0 Å². The lowest BCUT2D eigenvalue weighted by molar-refractivity contribution is -0.134. The van der Waals surface area contributed by atoms with E-state index in [1.54, 1.807) is 0 Å². The van der Waals surface area contributed by atoms with E-state index in [0.717, 1.165) is 52.4 Å². The molecule has 0 saturated carbocycles. The van der Waals surface area contributed by atoms with Gasteiger partial charge in [0.1, 0.15) is 0 Å². The maximum absolute atomic E-state index is 11.8. The van der Waals surface area contributed by atoms with Crippen LogP contribution in [0.25, 0.3) is 0 Å². The summed E-state index contributed by atoms with van der Waals surface area (Å²) in [6.07, 6.45) is 4.42. The number of carbonyl (C=O) groups excluding carboxylic acids is 1. The smallest absolute Gasteiger partial charge is 0.223 e. The van der Waals surface area contributed by atoms with Crippen molar-refractivity contribution >= 4 is 11.6 Å². The lowest BCUT2D eigenvalue weighted by Crippen LogP contribution is -2.47. The molecular formula is C25H49N5O. The van der Waals surface area contributed by atoms with Gasteiger partial charge in [0.25, 0.3) is 0 Å². The average molecular weight is 436 g/mol. The summed E-state index contributed by atoms with van der Waals surface area (Å²) in [5.74, 6) is 0.311. The lowest BCUT2D eigenvalue weighted by Gasteiger charge is -2.34. The summed E-state index contributed by atoms with van der Waals surface area (Å²) in [4.78, 5) is 24.9. The highest BCUT2D eigenvalue weighted by Crippen LogP contribution is 2.20. The molecule has 31 heavy (non-hydrogen) atoms. The highest BCUT2D eigenvalue weighted by Gasteiger charge is 2.23. The Morgan fingerprint density at radius 3 is 1.77 bits per heavy atom. The Bertz CT molecular complexity index is 557. The zero-order valence-corrected chi connectivity index (χ0v) is 21.8. The molecule has 6 heteroatoms. The van der Waals surface area contributed by atoms with Crippen LogP contribution in [0.5, 0.6) is 0 Å². The Kier molecular flexibility index (Phi) is 15.2. The van der Waals surface area contributed by atoms with Crippen LogP contribution in [0.4, 0.5) is 5.69 Å². The van der Waals surface area contributed by atoms with Crippen molar-refractivity contribution in [1.82, 2.24) is 19.7 Å². The molecule has 1 aromatic rings. The van der Waals surface area contributed by atoms with Gasteiger partial charge in [-0.3, -0.25) is 9.78 Å². The molecule has 2 fully saturated rings. The number of carbonyl (C=O) groups is 1. The first kappa shape index (κ1) is 29.3. The van der Waals surface area contributed by atoms with Crippen molar-refractivity contribution in [2.45, 2.75) is 54.9 Å². The van der Waals surface area contributed by atoms with Crippen LogP contribution < -0.4 is 4.90 Å². The van der Waals surface area contributed by atoms with Crippen molar-refractivity contribution < 1.29 is 4.79 Å². The average Bonchev–Trinajstić information content (AvgIpc) is 2.77. The molecule has 3 rings (SSSR count). The number of anilines is 1. The summed E-state index contributed by atoms with van der Waals surface area (Å²) in [5.41, 5.74) is 1.36. The van der Waals surface area contributed by atoms with E-state index in [2.05, 4.69) is 60.6 Å². The fourth-order valence-electron chi connectivity index (χ4n) is 3.23. The molecule has 2 aliphatic rings. The fraction of sp³-hybridized carbons (Fsp3) is 0.760. The van der Waals surface area contributed by atoms with Gasteiger partial charge in [0.15, 0.2) is 0 Å². The lowest BCUT2D eigenvalue weighted by atomic mass is 9.91. The Morgan fingerprint density at radius 1 is 0.871 bits per heavy atom. The summed E-state index contributed by atoms with van der Waals surface area (Å²) < 4.78 is 0. The second kappa shape index (κ2) is 16.0. The minimum atomic E-state index is 0.112. The Hall–Kier alpha value is -1.66. The molecule has 2 aliphatic heterocycles. The van der Waals surface area contributed by atoms with E-state index in [1.165, 1.54) is 5.69 Å². The molecule has 1 aromatic heterocycles. The first-order chi connectivity index (χ1) is 14.7. The van der Waals surface area contributed by atoms with Gasteiger partial charge in [0.05, 0.1) is 11.9 Å². The number of hydrogen-bond acceptors (Lipinski definition) is 5. The van der Waals surface area contributed by atoms with Gasteiger partial charge < -0.3 is 19.6 Å². The third kappa shape index (κ3) is 12.7. The van der Waals surface area contributed by atoms with E-state index in [9.17, 15) is 4.79 Å². The molecule has 0 bridgehead atoms. The molecule has 3 heterocycles. The molecule has 0 spiro atoms. The molecule has 0 radical (unpaired) electrons. The van der Waals surface area contributed by atoms with Crippen molar-refractivity contribution in [3.8, 4) is 0 Å². The zero-order valence-electron chi connectivity index (χ0n) is 21.8. The third-order valence-electron chi connectivity index (χ3n) is 5.05. The number of piperazine rings is 2. The van der Waals surface area contributed by atoms with Gasteiger partial charge in [0, 0.05) is 65.0 Å². The standard InChI is InChI=1S/C11H22N2O.C10H15N3.2C2H6/c1-11(2,3)9-10(14)13-7-5-12(4)6-8-13;1-12-5-7-13(8-6-12)10-3-2-4-11-9-10;2*1-2/h5-9H2,1-4H3;2-4,9H,5-8H2,1H3;2*1-2H3. The van der Waals surface area contributed by atoms with Crippen LogP contribution in [-0.4, -0.2) is 92.0 Å². The molecule has 0 aliphatic carbocycles. The fourth-order valence-corrected chi connectivity index (χ4v) is 3.23. The Balaban J connectivity index is 0.000000501. The minimum Gasteiger partial charge on any atom is -0.368 e. The number of aromatic nitrogens is 1. The van der Waals surface area contributed by atoms with Crippen LogP contribution in [0.2, 0.25) is 0 Å². The predicted octanol–water partition coefficient (Wildman–Crippen LogP) is 4.08. The zero-order chi connectivity index (χ0) is 23.9. The molecule has 6 nitrogen and oxygen atoms in total. The van der Waals surface area contributed by atoms with Crippen LogP contribution in [0.1, 0.15) is 54.9 Å². The highest BCUT2D eigenvalue weighted by atomic mass is 16.2. The number of amides is 1. The molecule has 1 amide bonds. The van der Waals surface area contributed by atoms with Crippen LogP contribution in [0.15, 0.2) is 24.5 Å². The summed E-state index contributed by atoms with van der Waals surface area (Å²) in [6.45, 7) is 22.7. The van der Waals surface area contributed by atoms with Gasteiger partial charge in [0.2, 0.25) is 5.91 Å². The van der Waals surface area contributed by atoms with Crippen molar-refractivity contribution in [2.75, 3.05) is 71.4 Å². The number of pyridine rings is 1. The van der Waals surface area contributed by atoms with Crippen molar-refractivity contribution in [1.29, 1.82) is 0 Å². The second-order valence-corrected chi connectivity index (χ2v) is 8.92. The van der Waals surface area contributed by atoms with E-state index >= 15 is 0 Å². The van der Waals surface area contributed by atoms with Crippen LogP contribution >= 0.6 is 0 Å². The first-order valence-electron chi connectivity index (χ1n) is 12.0. The topological polar surface area (TPSA) is 42.9 Å². The summed E-state index contributed by atoms with van der Waals surface area (Å²) in [5, 5.41) is 0. The molecule has 180 valence electrons. The summed E-state index contributed by atoms with van der Waals surface area (Å²) in [7, 11) is 4.27. The SMILES string of the molecule is CC.CC.CN1CCN(C(=O)CC(C)(C)C)CC1.CN1CCN(c2cccnc2)CC1. The molecule has 0 atom stereocenters. The van der Waals surface area contributed by atoms with Crippen LogP contribution in [-0.2, 0) is 4.79 Å². The van der Waals surface area contributed by atoms with E-state index in [0.29, 0.717) is 12.3 Å². The maximum Gasteiger partial charge on any atom is 0.223 e. The first-order valence-corrected chi connectivity index (χ1v) is 12.0. The van der Waals surface area contributed by atoms with E-state index in [-0.39, 0.29) is 5.41 Å². The number of hydrogen-bond donors (Lipinski definition) is 0. The van der Waals surface area contributed by atoms with Crippen LogP contribution in [0.3, 0.4) is 0 Å². The quantitative estimate of drug-likeness (QED) is 0.700.